The van der Waals surface area contributed by atoms with Gasteiger partial charge in [0.25, 0.3) is 0 Å². The summed E-state index contributed by atoms with van der Waals surface area (Å²) in [5.41, 5.74) is 1.51. The Morgan fingerprint density at radius 3 is 3.00 bits per heavy atom. The largest absolute Gasteiger partial charge is 0.365 e. The molecule has 0 amide bonds. The standard InChI is InChI=1S/C8H10O/c1-2-6-9-7-5-8-3-4-8/h1,5H,3-4,6-7H2. The molecule has 0 aromatic rings. The highest BCUT2D eigenvalue weighted by Gasteiger charge is 2.08. The lowest BCUT2D eigenvalue weighted by molar-refractivity contribution is 0.199. The van der Waals surface area contributed by atoms with E-state index in [0.29, 0.717) is 13.2 Å². The molecule has 9 heavy (non-hydrogen) atoms. The molecule has 0 aliphatic heterocycles. The molecule has 0 heterocycles. The van der Waals surface area contributed by atoms with Crippen molar-refractivity contribution in [2.24, 2.45) is 0 Å². The maximum absolute atomic E-state index is 5.02. The summed E-state index contributed by atoms with van der Waals surface area (Å²) in [6.07, 6.45) is 9.60. The van der Waals surface area contributed by atoms with Crippen LogP contribution in [0.5, 0.6) is 0 Å². The van der Waals surface area contributed by atoms with E-state index in [0.717, 1.165) is 0 Å². The average Bonchev–Trinajstić information content (AvgIpc) is 2.63. The minimum Gasteiger partial charge on any atom is -0.365 e. The van der Waals surface area contributed by atoms with Gasteiger partial charge in [-0.15, -0.1) is 6.42 Å². The second kappa shape index (κ2) is 3.32. The Kier molecular flexibility index (Phi) is 2.35. The molecule has 0 N–H and O–H groups in total. The summed E-state index contributed by atoms with van der Waals surface area (Å²) in [4.78, 5) is 0. The number of hydrogen-bond donors (Lipinski definition) is 0. The molecule has 0 aromatic heterocycles. The Labute approximate surface area is 55.7 Å². The fourth-order valence-electron chi connectivity index (χ4n) is 0.571. The normalized spacial score (nSPS) is 14.8. The van der Waals surface area contributed by atoms with E-state index in [1.807, 2.05) is 0 Å². The summed E-state index contributed by atoms with van der Waals surface area (Å²) >= 11 is 0. The van der Waals surface area contributed by atoms with Crippen LogP contribution in [0.4, 0.5) is 0 Å². The predicted octanol–water partition coefficient (Wildman–Crippen LogP) is 1.36. The fourth-order valence-corrected chi connectivity index (χ4v) is 0.571. The molecule has 1 aliphatic carbocycles. The molecule has 0 unspecified atom stereocenters. The molecule has 1 fully saturated rings. The first kappa shape index (κ1) is 6.38. The fraction of sp³-hybridized carbons (Fsp3) is 0.500. The van der Waals surface area contributed by atoms with Crippen LogP contribution in [0.15, 0.2) is 11.6 Å². The second-order valence-electron chi connectivity index (χ2n) is 2.08. The van der Waals surface area contributed by atoms with E-state index in [4.69, 9.17) is 11.2 Å². The number of terminal acetylenes is 1. The lowest BCUT2D eigenvalue weighted by Gasteiger charge is -1.89. The molecular weight excluding hydrogens is 112 g/mol. The third-order valence-corrected chi connectivity index (χ3v) is 1.21. The third kappa shape index (κ3) is 2.94. The van der Waals surface area contributed by atoms with Crippen molar-refractivity contribution in [3.8, 4) is 12.3 Å². The van der Waals surface area contributed by atoms with Crippen LogP contribution in [0.3, 0.4) is 0 Å². The van der Waals surface area contributed by atoms with Crippen LogP contribution >= 0.6 is 0 Å². The summed E-state index contributed by atoms with van der Waals surface area (Å²) in [5.74, 6) is 2.41. The molecule has 0 aromatic carbocycles. The van der Waals surface area contributed by atoms with E-state index in [2.05, 4.69) is 12.0 Å². The number of rotatable bonds is 3. The van der Waals surface area contributed by atoms with Gasteiger partial charge in [-0.05, 0) is 12.8 Å². The van der Waals surface area contributed by atoms with Crippen molar-refractivity contribution in [2.45, 2.75) is 12.8 Å². The van der Waals surface area contributed by atoms with Crippen molar-refractivity contribution in [1.82, 2.24) is 0 Å². The van der Waals surface area contributed by atoms with Gasteiger partial charge in [0.1, 0.15) is 6.61 Å². The zero-order valence-corrected chi connectivity index (χ0v) is 5.39. The lowest BCUT2D eigenvalue weighted by atomic mass is 10.5. The summed E-state index contributed by atoms with van der Waals surface area (Å²) in [7, 11) is 0. The van der Waals surface area contributed by atoms with Gasteiger partial charge >= 0.3 is 0 Å². The SMILES string of the molecule is C#CCOCC=C1CC1. The molecule has 1 rings (SSSR count). The minimum atomic E-state index is 0.434. The zero-order chi connectivity index (χ0) is 6.53. The average molecular weight is 122 g/mol. The first-order valence-corrected chi connectivity index (χ1v) is 3.12. The van der Waals surface area contributed by atoms with Gasteiger partial charge in [0.05, 0.1) is 6.61 Å². The van der Waals surface area contributed by atoms with Gasteiger partial charge in [0.15, 0.2) is 0 Å². The van der Waals surface area contributed by atoms with E-state index >= 15 is 0 Å². The van der Waals surface area contributed by atoms with Crippen molar-refractivity contribution >= 4 is 0 Å². The van der Waals surface area contributed by atoms with Crippen LogP contribution in [0, 0.1) is 12.3 Å². The van der Waals surface area contributed by atoms with Gasteiger partial charge in [-0.3, -0.25) is 0 Å². The maximum Gasteiger partial charge on any atom is 0.107 e. The first-order valence-electron chi connectivity index (χ1n) is 3.12. The zero-order valence-electron chi connectivity index (χ0n) is 5.39. The molecule has 0 atom stereocenters. The number of allylic oxidation sites excluding steroid dienone is 1. The summed E-state index contributed by atoms with van der Waals surface area (Å²) in [6.45, 7) is 1.13. The summed E-state index contributed by atoms with van der Waals surface area (Å²) in [5, 5.41) is 0. The van der Waals surface area contributed by atoms with Crippen LogP contribution in [0.1, 0.15) is 12.8 Å². The van der Waals surface area contributed by atoms with Crippen LogP contribution in [0.25, 0.3) is 0 Å². The van der Waals surface area contributed by atoms with E-state index in [9.17, 15) is 0 Å². The van der Waals surface area contributed by atoms with Gasteiger partial charge in [-0.25, -0.2) is 0 Å². The van der Waals surface area contributed by atoms with Gasteiger partial charge in [-0.2, -0.15) is 0 Å². The molecule has 0 bridgehead atoms. The quantitative estimate of drug-likeness (QED) is 0.312. The van der Waals surface area contributed by atoms with Crippen molar-refractivity contribution in [3.05, 3.63) is 11.6 Å². The number of hydrogen-bond acceptors (Lipinski definition) is 1. The van der Waals surface area contributed by atoms with Crippen molar-refractivity contribution in [3.63, 3.8) is 0 Å². The highest BCUT2D eigenvalue weighted by atomic mass is 16.5. The minimum absolute atomic E-state index is 0.434. The topological polar surface area (TPSA) is 9.23 Å². The summed E-state index contributed by atoms with van der Waals surface area (Å²) < 4.78 is 5.02. The smallest absolute Gasteiger partial charge is 0.107 e. The van der Waals surface area contributed by atoms with E-state index < -0.39 is 0 Å². The Morgan fingerprint density at radius 1 is 1.67 bits per heavy atom. The predicted molar refractivity (Wildman–Crippen MR) is 37.0 cm³/mol. The lowest BCUT2D eigenvalue weighted by Crippen LogP contribution is -1.89. The van der Waals surface area contributed by atoms with Crippen molar-refractivity contribution < 1.29 is 4.74 Å². The molecule has 0 saturated heterocycles. The molecule has 1 aliphatic rings. The highest BCUT2D eigenvalue weighted by Crippen LogP contribution is 2.26. The van der Waals surface area contributed by atoms with Gasteiger partial charge in [-0.1, -0.05) is 17.6 Å². The van der Waals surface area contributed by atoms with E-state index in [-0.39, 0.29) is 0 Å². The van der Waals surface area contributed by atoms with Crippen molar-refractivity contribution in [1.29, 1.82) is 0 Å². The molecule has 1 saturated carbocycles. The van der Waals surface area contributed by atoms with Crippen LogP contribution in [0.2, 0.25) is 0 Å². The highest BCUT2D eigenvalue weighted by molar-refractivity contribution is 5.16. The van der Waals surface area contributed by atoms with Crippen molar-refractivity contribution in [2.75, 3.05) is 13.2 Å². The Balaban J connectivity index is 1.94. The summed E-state index contributed by atoms with van der Waals surface area (Å²) in [6, 6.07) is 0. The van der Waals surface area contributed by atoms with Crippen LogP contribution in [-0.4, -0.2) is 13.2 Å². The third-order valence-electron chi connectivity index (χ3n) is 1.21. The second-order valence-corrected chi connectivity index (χ2v) is 2.08. The van der Waals surface area contributed by atoms with E-state index in [1.165, 1.54) is 18.4 Å². The Morgan fingerprint density at radius 2 is 2.44 bits per heavy atom. The van der Waals surface area contributed by atoms with E-state index in [1.54, 1.807) is 0 Å². The molecule has 1 heteroatoms. The molecule has 0 radical (unpaired) electrons. The molecule has 48 valence electrons. The Hall–Kier alpha value is -0.740. The monoisotopic (exact) mass is 122 g/mol. The molecule has 1 nitrogen and oxygen atoms in total. The van der Waals surface area contributed by atoms with Gasteiger partial charge in [0, 0.05) is 0 Å². The van der Waals surface area contributed by atoms with Crippen LogP contribution in [-0.2, 0) is 4.74 Å². The van der Waals surface area contributed by atoms with Gasteiger partial charge in [0.2, 0.25) is 0 Å². The molecular formula is C8H10O. The van der Waals surface area contributed by atoms with Gasteiger partial charge < -0.3 is 4.74 Å². The molecule has 0 spiro atoms. The number of ether oxygens (including phenoxy) is 1. The first-order chi connectivity index (χ1) is 4.43. The van der Waals surface area contributed by atoms with Crippen LogP contribution < -0.4 is 0 Å². The Bertz CT molecular complexity index is 144. The maximum atomic E-state index is 5.02.